The summed E-state index contributed by atoms with van der Waals surface area (Å²) in [6, 6.07) is 12.8. The van der Waals surface area contributed by atoms with E-state index in [2.05, 4.69) is 0 Å². The second kappa shape index (κ2) is 8.20. The van der Waals surface area contributed by atoms with Gasteiger partial charge in [-0.3, -0.25) is 14.5 Å². The highest BCUT2D eigenvalue weighted by Crippen LogP contribution is 2.44. The summed E-state index contributed by atoms with van der Waals surface area (Å²) in [5.74, 6) is -0.517. The molecule has 1 saturated heterocycles. The van der Waals surface area contributed by atoms with E-state index in [-0.39, 0.29) is 11.3 Å². The van der Waals surface area contributed by atoms with E-state index >= 15 is 0 Å². The molecule has 0 saturated carbocycles. The van der Waals surface area contributed by atoms with Crippen molar-refractivity contribution in [2.75, 3.05) is 12.0 Å². The fourth-order valence-corrected chi connectivity index (χ4v) is 4.09. The molecular formula is C25H22ClNO5. The van der Waals surface area contributed by atoms with Gasteiger partial charge in [0.1, 0.15) is 29.1 Å². The molecule has 1 aromatic heterocycles. The van der Waals surface area contributed by atoms with Crippen LogP contribution < -0.4 is 9.64 Å². The molecule has 1 aliphatic heterocycles. The average molecular weight is 452 g/mol. The van der Waals surface area contributed by atoms with Crippen molar-refractivity contribution < 1.29 is 23.8 Å². The molecule has 0 aliphatic carbocycles. The van der Waals surface area contributed by atoms with Crippen LogP contribution in [0.5, 0.6) is 5.75 Å². The van der Waals surface area contributed by atoms with Crippen molar-refractivity contribution in [3.8, 4) is 5.75 Å². The van der Waals surface area contributed by atoms with Crippen LogP contribution in [-0.4, -0.2) is 23.9 Å². The molecule has 1 N–H and O–H groups in total. The summed E-state index contributed by atoms with van der Waals surface area (Å²) in [4.78, 5) is 27.8. The van der Waals surface area contributed by atoms with Gasteiger partial charge in [0.15, 0.2) is 0 Å². The van der Waals surface area contributed by atoms with Gasteiger partial charge in [-0.1, -0.05) is 23.7 Å². The third-order valence-corrected chi connectivity index (χ3v) is 5.84. The Morgan fingerprint density at radius 3 is 2.47 bits per heavy atom. The number of aryl methyl sites for hydroxylation is 3. The number of halogens is 1. The van der Waals surface area contributed by atoms with Crippen molar-refractivity contribution in [1.29, 1.82) is 0 Å². The maximum atomic E-state index is 13.2. The number of carbonyl (C=O) groups excluding carboxylic acids is 2. The second-order valence-corrected chi connectivity index (χ2v) is 8.16. The molecule has 4 rings (SSSR count). The van der Waals surface area contributed by atoms with Crippen LogP contribution in [0.2, 0.25) is 5.02 Å². The van der Waals surface area contributed by atoms with E-state index in [0.717, 1.165) is 11.1 Å². The number of ether oxygens (including phenoxy) is 1. The molecule has 6 nitrogen and oxygen atoms in total. The lowest BCUT2D eigenvalue weighted by molar-refractivity contribution is -0.132. The maximum absolute atomic E-state index is 13.2. The van der Waals surface area contributed by atoms with E-state index in [1.54, 1.807) is 31.2 Å². The van der Waals surface area contributed by atoms with Crippen molar-refractivity contribution in [2.24, 2.45) is 0 Å². The number of hydrogen-bond donors (Lipinski definition) is 1. The van der Waals surface area contributed by atoms with Crippen molar-refractivity contribution >= 4 is 34.7 Å². The SMILES string of the molecule is COc1cc(/C(O)=C2/C(=O)C(=O)N(c3cc(C)ccc3C)C2c2ccc(C)o2)ccc1Cl. The Labute approximate surface area is 190 Å². The minimum absolute atomic E-state index is 0.0605. The third kappa shape index (κ3) is 3.56. The highest BCUT2D eigenvalue weighted by Gasteiger charge is 2.48. The number of nitrogens with zero attached hydrogens (tertiary/aromatic N) is 1. The number of rotatable bonds is 4. The standard InChI is InChI=1S/C25H22ClNO5/c1-13-5-6-14(2)18(11-13)27-22(19-10-7-15(3)32-19)21(24(29)25(27)30)23(28)16-8-9-17(26)20(12-16)31-4/h5-12,22,28H,1-4H3/b23-21-. The van der Waals surface area contributed by atoms with E-state index in [4.69, 9.17) is 20.8 Å². The van der Waals surface area contributed by atoms with Gasteiger partial charge in [0.05, 0.1) is 17.7 Å². The number of Topliss-reactive ketones (excluding diaryl/α,β-unsaturated/α-hetero) is 1. The fourth-order valence-electron chi connectivity index (χ4n) is 3.89. The maximum Gasteiger partial charge on any atom is 0.300 e. The Hall–Kier alpha value is -3.51. The van der Waals surface area contributed by atoms with Crippen LogP contribution in [0, 0.1) is 20.8 Å². The lowest BCUT2D eigenvalue weighted by atomic mass is 9.98. The number of amides is 1. The van der Waals surface area contributed by atoms with Crippen LogP contribution >= 0.6 is 11.6 Å². The molecule has 7 heteroatoms. The first-order valence-corrected chi connectivity index (χ1v) is 10.4. The number of furan rings is 1. The van der Waals surface area contributed by atoms with Crippen LogP contribution in [-0.2, 0) is 9.59 Å². The summed E-state index contributed by atoms with van der Waals surface area (Å²) in [5.41, 5.74) is 2.58. The zero-order chi connectivity index (χ0) is 23.2. The van der Waals surface area contributed by atoms with Gasteiger partial charge in [-0.05, 0) is 68.3 Å². The first-order chi connectivity index (χ1) is 15.2. The molecule has 0 radical (unpaired) electrons. The molecule has 32 heavy (non-hydrogen) atoms. The largest absolute Gasteiger partial charge is 0.507 e. The molecule has 0 bridgehead atoms. The van der Waals surface area contributed by atoms with Crippen LogP contribution in [0.25, 0.3) is 5.76 Å². The number of carbonyl (C=O) groups is 2. The molecule has 2 heterocycles. The number of hydrogen-bond acceptors (Lipinski definition) is 5. The molecular weight excluding hydrogens is 430 g/mol. The minimum atomic E-state index is -0.925. The smallest absolute Gasteiger partial charge is 0.300 e. The summed E-state index contributed by atoms with van der Waals surface area (Å²) in [5, 5.41) is 11.5. The summed E-state index contributed by atoms with van der Waals surface area (Å²) < 4.78 is 11.1. The van der Waals surface area contributed by atoms with Gasteiger partial charge < -0.3 is 14.3 Å². The van der Waals surface area contributed by atoms with Crippen LogP contribution in [0.4, 0.5) is 5.69 Å². The summed E-state index contributed by atoms with van der Waals surface area (Å²) in [6.45, 7) is 5.55. The minimum Gasteiger partial charge on any atom is -0.507 e. The normalized spacial score (nSPS) is 17.8. The van der Waals surface area contributed by atoms with E-state index in [0.29, 0.717) is 33.5 Å². The zero-order valence-corrected chi connectivity index (χ0v) is 18.9. The summed E-state index contributed by atoms with van der Waals surface area (Å²) >= 11 is 6.11. The van der Waals surface area contributed by atoms with Crippen molar-refractivity contribution in [3.63, 3.8) is 0 Å². The molecule has 1 fully saturated rings. The highest BCUT2D eigenvalue weighted by molar-refractivity contribution is 6.51. The fraction of sp³-hybridized carbons (Fsp3) is 0.200. The Bertz CT molecular complexity index is 1270. The molecule has 2 aromatic carbocycles. The van der Waals surface area contributed by atoms with Crippen molar-refractivity contribution in [2.45, 2.75) is 26.8 Å². The monoisotopic (exact) mass is 451 g/mol. The Morgan fingerprint density at radius 1 is 1.06 bits per heavy atom. The Morgan fingerprint density at radius 2 is 1.81 bits per heavy atom. The molecule has 1 aliphatic rings. The molecule has 164 valence electrons. The lowest BCUT2D eigenvalue weighted by Crippen LogP contribution is -2.30. The van der Waals surface area contributed by atoms with Crippen LogP contribution in [0.3, 0.4) is 0 Å². The average Bonchev–Trinajstić information content (AvgIpc) is 3.31. The Balaban J connectivity index is 1.97. The molecule has 0 spiro atoms. The molecule has 1 atom stereocenters. The first-order valence-electron chi connectivity index (χ1n) is 10.0. The Kier molecular flexibility index (Phi) is 5.57. The van der Waals surface area contributed by atoms with Gasteiger partial charge in [0.25, 0.3) is 11.7 Å². The number of ketones is 1. The van der Waals surface area contributed by atoms with E-state index in [1.165, 1.54) is 18.1 Å². The van der Waals surface area contributed by atoms with Crippen molar-refractivity contribution in [1.82, 2.24) is 0 Å². The highest BCUT2D eigenvalue weighted by atomic mass is 35.5. The quantitative estimate of drug-likeness (QED) is 0.322. The van der Waals surface area contributed by atoms with Gasteiger partial charge in [0, 0.05) is 11.3 Å². The predicted molar refractivity (Wildman–Crippen MR) is 122 cm³/mol. The second-order valence-electron chi connectivity index (χ2n) is 7.76. The van der Waals surface area contributed by atoms with E-state index < -0.39 is 17.7 Å². The van der Waals surface area contributed by atoms with Crippen LogP contribution in [0.1, 0.15) is 34.3 Å². The van der Waals surface area contributed by atoms with Crippen molar-refractivity contribution in [3.05, 3.63) is 87.3 Å². The topological polar surface area (TPSA) is 80.0 Å². The predicted octanol–water partition coefficient (Wildman–Crippen LogP) is 5.49. The number of benzene rings is 2. The van der Waals surface area contributed by atoms with E-state index in [9.17, 15) is 14.7 Å². The molecule has 1 amide bonds. The summed E-state index contributed by atoms with van der Waals surface area (Å²) in [6.07, 6.45) is 0. The van der Waals surface area contributed by atoms with Gasteiger partial charge in [0.2, 0.25) is 0 Å². The number of methoxy groups -OCH3 is 1. The number of aliphatic hydroxyl groups is 1. The lowest BCUT2D eigenvalue weighted by Gasteiger charge is -2.25. The molecule has 3 aromatic rings. The first kappa shape index (κ1) is 21.7. The van der Waals surface area contributed by atoms with Gasteiger partial charge in [-0.2, -0.15) is 0 Å². The van der Waals surface area contributed by atoms with E-state index in [1.807, 2.05) is 32.0 Å². The zero-order valence-electron chi connectivity index (χ0n) is 18.1. The number of anilines is 1. The van der Waals surface area contributed by atoms with Gasteiger partial charge in [-0.25, -0.2) is 0 Å². The molecule has 1 unspecified atom stereocenters. The van der Waals surface area contributed by atoms with Crippen LogP contribution in [0.15, 0.2) is 58.5 Å². The third-order valence-electron chi connectivity index (χ3n) is 5.52. The number of aliphatic hydroxyl groups excluding tert-OH is 1. The van der Waals surface area contributed by atoms with Gasteiger partial charge >= 0.3 is 0 Å². The van der Waals surface area contributed by atoms with Gasteiger partial charge in [-0.15, -0.1) is 0 Å². The summed E-state index contributed by atoms with van der Waals surface area (Å²) in [7, 11) is 1.45.